The molecule has 1 atom stereocenters. The molecule has 0 aromatic carbocycles. The number of rotatable bonds is 3. The van der Waals surface area contributed by atoms with Crippen LogP contribution < -0.4 is 0 Å². The van der Waals surface area contributed by atoms with Gasteiger partial charge in [0.25, 0.3) is 0 Å². The Labute approximate surface area is 50.1 Å². The van der Waals surface area contributed by atoms with Crippen LogP contribution in [0.1, 0.15) is 6.92 Å². The largest absolute Gasteiger partial charge is 0.380 e. The quantitative estimate of drug-likeness (QED) is 0.545. The van der Waals surface area contributed by atoms with Gasteiger partial charge in [0.2, 0.25) is 0 Å². The fourth-order valence-corrected chi connectivity index (χ4v) is 0.297. The monoisotopic (exact) mass is 112 g/mol. The highest BCUT2D eigenvalue weighted by molar-refractivity contribution is 4.83. The van der Waals surface area contributed by atoms with Gasteiger partial charge in [-0.15, -0.1) is 0 Å². The normalized spacial score (nSPS) is 12.6. The van der Waals surface area contributed by atoms with Gasteiger partial charge in [0, 0.05) is 6.61 Å². The Balaban J connectivity index is 3.02. The Morgan fingerprint density at radius 2 is 2.50 bits per heavy atom. The Bertz CT molecular complexity index is 85.0. The molecule has 0 aromatic heterocycles. The third-order valence-corrected chi connectivity index (χ3v) is 0.706. The van der Waals surface area contributed by atoms with E-state index in [4.69, 9.17) is 10.00 Å². The van der Waals surface area contributed by atoms with Gasteiger partial charge < -0.3 is 4.74 Å². The van der Waals surface area contributed by atoms with E-state index in [1.54, 1.807) is 0 Å². The molecule has 1 unspecified atom stereocenters. The standard InChI is InChI=1S/C6H10NO/c1-3-8-5-6(2)4-7/h6H,2-3,5H2,1H3. The van der Waals surface area contributed by atoms with E-state index in [0.717, 1.165) is 0 Å². The predicted molar refractivity (Wildman–Crippen MR) is 31.0 cm³/mol. The van der Waals surface area contributed by atoms with Crippen molar-refractivity contribution in [2.75, 3.05) is 13.2 Å². The molecule has 45 valence electrons. The van der Waals surface area contributed by atoms with E-state index < -0.39 is 0 Å². The summed E-state index contributed by atoms with van der Waals surface area (Å²) in [4.78, 5) is 0. The number of nitrogens with zero attached hydrogens (tertiary/aromatic N) is 1. The summed E-state index contributed by atoms with van der Waals surface area (Å²) in [5, 5.41) is 8.17. The van der Waals surface area contributed by atoms with Gasteiger partial charge in [-0.25, -0.2) is 0 Å². The van der Waals surface area contributed by atoms with Crippen molar-refractivity contribution in [3.05, 3.63) is 6.92 Å². The molecular weight excluding hydrogens is 102 g/mol. The highest BCUT2D eigenvalue weighted by Crippen LogP contribution is 1.89. The third-order valence-electron chi connectivity index (χ3n) is 0.706. The zero-order valence-corrected chi connectivity index (χ0v) is 5.05. The van der Waals surface area contributed by atoms with Gasteiger partial charge in [-0.2, -0.15) is 5.26 Å². The van der Waals surface area contributed by atoms with E-state index in [1.165, 1.54) is 0 Å². The molecule has 0 bridgehead atoms. The Hall–Kier alpha value is -0.550. The summed E-state index contributed by atoms with van der Waals surface area (Å²) in [6.07, 6.45) is 0. The summed E-state index contributed by atoms with van der Waals surface area (Å²) >= 11 is 0. The van der Waals surface area contributed by atoms with Gasteiger partial charge in [-0.3, -0.25) is 0 Å². The lowest BCUT2D eigenvalue weighted by molar-refractivity contribution is 0.137. The van der Waals surface area contributed by atoms with E-state index in [2.05, 4.69) is 6.92 Å². The molecule has 0 N–H and O–H groups in total. The van der Waals surface area contributed by atoms with Crippen LogP contribution in [0.15, 0.2) is 0 Å². The Kier molecular flexibility index (Phi) is 4.29. The van der Waals surface area contributed by atoms with Crippen molar-refractivity contribution in [3.63, 3.8) is 0 Å². The van der Waals surface area contributed by atoms with Crippen molar-refractivity contribution in [3.8, 4) is 6.07 Å². The van der Waals surface area contributed by atoms with Crippen LogP contribution in [0.3, 0.4) is 0 Å². The van der Waals surface area contributed by atoms with Crippen LogP contribution in [-0.4, -0.2) is 13.2 Å². The van der Waals surface area contributed by atoms with Crippen molar-refractivity contribution in [1.29, 1.82) is 5.26 Å². The van der Waals surface area contributed by atoms with Crippen LogP contribution in [0.25, 0.3) is 0 Å². The van der Waals surface area contributed by atoms with E-state index >= 15 is 0 Å². The molecule has 0 rings (SSSR count). The Morgan fingerprint density at radius 1 is 1.88 bits per heavy atom. The van der Waals surface area contributed by atoms with Crippen molar-refractivity contribution in [2.45, 2.75) is 6.92 Å². The zero-order chi connectivity index (χ0) is 6.41. The molecule has 0 aliphatic heterocycles. The summed E-state index contributed by atoms with van der Waals surface area (Å²) in [7, 11) is 0. The molecule has 0 spiro atoms. The molecule has 0 aliphatic carbocycles. The molecule has 0 fully saturated rings. The third kappa shape index (κ3) is 3.63. The van der Waals surface area contributed by atoms with E-state index in [-0.39, 0.29) is 5.92 Å². The van der Waals surface area contributed by atoms with Crippen LogP contribution in [0.4, 0.5) is 0 Å². The molecule has 2 heteroatoms. The SMILES string of the molecule is [CH2]C(C#N)COCC. The maximum atomic E-state index is 8.17. The first-order valence-electron chi connectivity index (χ1n) is 2.61. The van der Waals surface area contributed by atoms with Crippen LogP contribution in [-0.2, 0) is 4.74 Å². The zero-order valence-electron chi connectivity index (χ0n) is 5.05. The van der Waals surface area contributed by atoms with E-state index in [0.29, 0.717) is 13.2 Å². The lowest BCUT2D eigenvalue weighted by Gasteiger charge is -1.99. The highest BCUT2D eigenvalue weighted by atomic mass is 16.5. The molecule has 1 radical (unpaired) electrons. The topological polar surface area (TPSA) is 33.0 Å². The van der Waals surface area contributed by atoms with Gasteiger partial charge in [0.15, 0.2) is 0 Å². The molecular formula is C6H10NO. The number of nitriles is 1. The molecule has 0 aromatic rings. The molecule has 2 nitrogen and oxygen atoms in total. The lowest BCUT2D eigenvalue weighted by atomic mass is 10.2. The van der Waals surface area contributed by atoms with Crippen LogP contribution in [0, 0.1) is 24.2 Å². The van der Waals surface area contributed by atoms with Crippen molar-refractivity contribution in [1.82, 2.24) is 0 Å². The van der Waals surface area contributed by atoms with Crippen molar-refractivity contribution in [2.24, 2.45) is 5.92 Å². The highest BCUT2D eigenvalue weighted by Gasteiger charge is 1.95. The maximum absolute atomic E-state index is 8.17. The average molecular weight is 112 g/mol. The van der Waals surface area contributed by atoms with E-state index in [1.807, 2.05) is 13.0 Å². The lowest BCUT2D eigenvalue weighted by Crippen LogP contribution is -2.02. The van der Waals surface area contributed by atoms with E-state index in [9.17, 15) is 0 Å². The van der Waals surface area contributed by atoms with Gasteiger partial charge in [-0.05, 0) is 13.8 Å². The second-order valence-electron chi connectivity index (χ2n) is 1.49. The molecule has 0 aliphatic rings. The smallest absolute Gasteiger partial charge is 0.0697 e. The summed E-state index contributed by atoms with van der Waals surface area (Å²) in [6.45, 7) is 6.51. The second kappa shape index (κ2) is 4.61. The summed E-state index contributed by atoms with van der Waals surface area (Å²) < 4.78 is 4.90. The number of ether oxygens (including phenoxy) is 1. The fourth-order valence-electron chi connectivity index (χ4n) is 0.297. The molecule has 8 heavy (non-hydrogen) atoms. The fraction of sp³-hybridized carbons (Fsp3) is 0.667. The van der Waals surface area contributed by atoms with Crippen LogP contribution in [0.2, 0.25) is 0 Å². The summed E-state index contributed by atoms with van der Waals surface area (Å²) in [5.41, 5.74) is 0. The van der Waals surface area contributed by atoms with Crippen LogP contribution >= 0.6 is 0 Å². The van der Waals surface area contributed by atoms with Gasteiger partial charge in [0.05, 0.1) is 18.6 Å². The average Bonchev–Trinajstić information content (AvgIpc) is 1.83. The van der Waals surface area contributed by atoms with Gasteiger partial charge in [0.1, 0.15) is 0 Å². The van der Waals surface area contributed by atoms with Crippen molar-refractivity contribution < 1.29 is 4.74 Å². The minimum absolute atomic E-state index is 0.213. The minimum Gasteiger partial charge on any atom is -0.380 e. The number of hydrogen-bond acceptors (Lipinski definition) is 2. The minimum atomic E-state index is -0.213. The van der Waals surface area contributed by atoms with Gasteiger partial charge in [-0.1, -0.05) is 0 Å². The van der Waals surface area contributed by atoms with Crippen molar-refractivity contribution >= 4 is 0 Å². The van der Waals surface area contributed by atoms with Crippen LogP contribution in [0.5, 0.6) is 0 Å². The molecule has 0 saturated carbocycles. The molecule has 0 amide bonds. The first kappa shape index (κ1) is 7.45. The summed E-state index contributed by atoms with van der Waals surface area (Å²) in [5.74, 6) is -0.213. The number of hydrogen-bond donors (Lipinski definition) is 0. The van der Waals surface area contributed by atoms with Gasteiger partial charge >= 0.3 is 0 Å². The first-order chi connectivity index (χ1) is 3.81. The summed E-state index contributed by atoms with van der Waals surface area (Å²) in [6, 6.07) is 1.96. The predicted octanol–water partition coefficient (Wildman–Crippen LogP) is 0.997. The molecule has 0 heterocycles. The second-order valence-corrected chi connectivity index (χ2v) is 1.49. The first-order valence-corrected chi connectivity index (χ1v) is 2.61. The Morgan fingerprint density at radius 3 is 2.88 bits per heavy atom. The molecule has 0 saturated heterocycles. The maximum Gasteiger partial charge on any atom is 0.0697 e.